The first kappa shape index (κ1) is 15.4. The number of nitrogens with one attached hydrogen (secondary N) is 1. The van der Waals surface area contributed by atoms with Gasteiger partial charge >= 0.3 is 0 Å². The number of ketones is 1. The molecule has 0 aliphatic rings. The highest BCUT2D eigenvalue weighted by Crippen LogP contribution is 2.13. The molecule has 0 saturated heterocycles. The highest BCUT2D eigenvalue weighted by atomic mass is 16.5. The number of carbonyl (C=O) groups is 1. The van der Waals surface area contributed by atoms with E-state index in [2.05, 4.69) is 11.9 Å². The summed E-state index contributed by atoms with van der Waals surface area (Å²) in [6.45, 7) is 6.74. The maximum absolute atomic E-state index is 11.4. The summed E-state index contributed by atoms with van der Waals surface area (Å²) in [6, 6.07) is 6.96. The van der Waals surface area contributed by atoms with Crippen LogP contribution in [0.3, 0.4) is 0 Å². The second-order valence-electron chi connectivity index (χ2n) is 4.21. The van der Waals surface area contributed by atoms with E-state index in [9.17, 15) is 9.90 Å². The number of aliphatic hydroxyl groups excluding tert-OH is 1. The van der Waals surface area contributed by atoms with Crippen LogP contribution in [0.1, 0.15) is 23.7 Å². The second-order valence-corrected chi connectivity index (χ2v) is 4.21. The van der Waals surface area contributed by atoms with Gasteiger partial charge in [0.1, 0.15) is 18.5 Å². The molecule has 1 aromatic rings. The van der Waals surface area contributed by atoms with Crippen LogP contribution in [0.2, 0.25) is 0 Å². The lowest BCUT2D eigenvalue weighted by Crippen LogP contribution is -2.31. The molecule has 0 fully saturated rings. The fourth-order valence-corrected chi connectivity index (χ4v) is 1.54. The van der Waals surface area contributed by atoms with Gasteiger partial charge in [0, 0.05) is 25.1 Å². The van der Waals surface area contributed by atoms with Gasteiger partial charge in [0.05, 0.1) is 0 Å². The normalized spacial score (nSPS) is 11.9. The van der Waals surface area contributed by atoms with Crippen LogP contribution in [0, 0.1) is 0 Å². The van der Waals surface area contributed by atoms with E-state index in [0.717, 1.165) is 0 Å². The van der Waals surface area contributed by atoms with Crippen molar-refractivity contribution in [2.24, 2.45) is 0 Å². The van der Waals surface area contributed by atoms with Gasteiger partial charge in [0.15, 0.2) is 5.78 Å². The monoisotopic (exact) mass is 263 g/mol. The molecule has 0 unspecified atom stereocenters. The topological polar surface area (TPSA) is 58.6 Å². The van der Waals surface area contributed by atoms with E-state index < -0.39 is 6.10 Å². The summed E-state index contributed by atoms with van der Waals surface area (Å²) in [5.74, 6) is 0.760. The first-order chi connectivity index (χ1) is 9.17. The number of aliphatic hydroxyl groups is 1. The summed E-state index contributed by atoms with van der Waals surface area (Å²) in [6.07, 6.45) is 1.65. The Morgan fingerprint density at radius 2 is 2.16 bits per heavy atom. The molecule has 0 bridgehead atoms. The summed E-state index contributed by atoms with van der Waals surface area (Å²) in [5.41, 5.74) is 0.683. The molecule has 104 valence electrons. The molecular weight excluding hydrogens is 242 g/mol. The number of Topliss-reactive ketones (excluding diaryl/α,β-unsaturated/α-hetero) is 1. The molecule has 0 saturated carbocycles. The van der Waals surface area contributed by atoms with Crippen LogP contribution in [-0.4, -0.2) is 36.7 Å². The van der Waals surface area contributed by atoms with Crippen LogP contribution < -0.4 is 10.1 Å². The molecule has 0 amide bonds. The van der Waals surface area contributed by atoms with Gasteiger partial charge in [0.2, 0.25) is 0 Å². The first-order valence-electron chi connectivity index (χ1n) is 6.43. The molecule has 19 heavy (non-hydrogen) atoms. The van der Waals surface area contributed by atoms with Crippen LogP contribution in [0.15, 0.2) is 36.9 Å². The highest BCUT2D eigenvalue weighted by molar-refractivity contribution is 5.95. The van der Waals surface area contributed by atoms with Crippen molar-refractivity contribution in [2.45, 2.75) is 19.4 Å². The zero-order valence-electron chi connectivity index (χ0n) is 11.3. The summed E-state index contributed by atoms with van der Waals surface area (Å²) in [4.78, 5) is 11.4. The van der Waals surface area contributed by atoms with E-state index in [4.69, 9.17) is 4.74 Å². The second kappa shape index (κ2) is 8.45. The van der Waals surface area contributed by atoms with Crippen molar-refractivity contribution in [3.8, 4) is 5.75 Å². The third kappa shape index (κ3) is 5.68. The van der Waals surface area contributed by atoms with Crippen molar-refractivity contribution in [3.63, 3.8) is 0 Å². The lowest BCUT2D eigenvalue weighted by atomic mass is 10.1. The summed E-state index contributed by atoms with van der Waals surface area (Å²) < 4.78 is 5.44. The minimum atomic E-state index is -0.572. The maximum atomic E-state index is 11.4. The molecule has 1 atom stereocenters. The molecule has 0 spiro atoms. The summed E-state index contributed by atoms with van der Waals surface area (Å²) >= 11 is 0. The third-order valence-corrected chi connectivity index (χ3v) is 2.61. The lowest BCUT2D eigenvalue weighted by Gasteiger charge is -2.12. The summed E-state index contributed by atoms with van der Waals surface area (Å²) in [7, 11) is 0. The molecule has 0 aliphatic carbocycles. The van der Waals surface area contributed by atoms with Crippen molar-refractivity contribution >= 4 is 5.78 Å². The molecule has 0 aliphatic heterocycles. The van der Waals surface area contributed by atoms with E-state index in [-0.39, 0.29) is 12.4 Å². The van der Waals surface area contributed by atoms with Crippen molar-refractivity contribution in [1.29, 1.82) is 0 Å². The molecule has 4 nitrogen and oxygen atoms in total. The van der Waals surface area contributed by atoms with Gasteiger partial charge in [-0.1, -0.05) is 13.0 Å². The Kier molecular flexibility index (Phi) is 6.85. The van der Waals surface area contributed by atoms with Gasteiger partial charge in [-0.05, 0) is 24.3 Å². The Morgan fingerprint density at radius 3 is 2.74 bits per heavy atom. The Hall–Kier alpha value is -1.65. The minimum Gasteiger partial charge on any atom is -0.491 e. The van der Waals surface area contributed by atoms with E-state index in [0.29, 0.717) is 30.8 Å². The van der Waals surface area contributed by atoms with E-state index in [1.807, 2.05) is 6.92 Å². The Balaban J connectivity index is 2.37. The van der Waals surface area contributed by atoms with Gasteiger partial charge in [0.25, 0.3) is 0 Å². The Morgan fingerprint density at radius 1 is 1.47 bits per heavy atom. The number of rotatable bonds is 9. The molecule has 1 rings (SSSR count). The molecule has 0 aromatic heterocycles. The number of ether oxygens (including phenoxy) is 1. The quantitative estimate of drug-likeness (QED) is 0.405. The van der Waals surface area contributed by atoms with Crippen molar-refractivity contribution < 1.29 is 14.6 Å². The molecule has 1 aromatic carbocycles. The molecule has 0 radical (unpaired) electrons. The molecule has 2 N–H and O–H groups in total. The zero-order chi connectivity index (χ0) is 14.1. The summed E-state index contributed by atoms with van der Waals surface area (Å²) in [5, 5.41) is 12.7. The van der Waals surface area contributed by atoms with Gasteiger partial charge in [-0.3, -0.25) is 4.79 Å². The number of hydrogen-bond donors (Lipinski definition) is 2. The van der Waals surface area contributed by atoms with Gasteiger partial charge < -0.3 is 15.2 Å². The van der Waals surface area contributed by atoms with Crippen LogP contribution >= 0.6 is 0 Å². The largest absolute Gasteiger partial charge is 0.491 e. The smallest absolute Gasteiger partial charge is 0.162 e. The Labute approximate surface area is 114 Å². The Bertz CT molecular complexity index is 400. The maximum Gasteiger partial charge on any atom is 0.162 e. The van der Waals surface area contributed by atoms with Gasteiger partial charge in [-0.15, -0.1) is 6.58 Å². The van der Waals surface area contributed by atoms with E-state index in [1.54, 1.807) is 30.3 Å². The van der Waals surface area contributed by atoms with Crippen molar-refractivity contribution in [3.05, 3.63) is 42.5 Å². The van der Waals surface area contributed by atoms with Crippen LogP contribution in [0.5, 0.6) is 5.75 Å². The van der Waals surface area contributed by atoms with Crippen LogP contribution in [-0.2, 0) is 0 Å². The van der Waals surface area contributed by atoms with Gasteiger partial charge in [-0.25, -0.2) is 0 Å². The number of benzene rings is 1. The standard InChI is InChI=1S/C15H21NO3/c1-3-9-16-10-13(17)11-19-14-7-5-12(6-8-14)15(18)4-2/h3,5-8,13,16-17H,1,4,9-11H2,2H3/t13-/m0/s1. The number of hydrogen-bond acceptors (Lipinski definition) is 4. The van der Waals surface area contributed by atoms with Crippen molar-refractivity contribution in [1.82, 2.24) is 5.32 Å². The predicted octanol–water partition coefficient (Wildman–Crippen LogP) is 1.79. The molecular formula is C15H21NO3. The fourth-order valence-electron chi connectivity index (χ4n) is 1.54. The van der Waals surface area contributed by atoms with E-state index in [1.165, 1.54) is 0 Å². The molecule has 4 heteroatoms. The zero-order valence-corrected chi connectivity index (χ0v) is 11.3. The van der Waals surface area contributed by atoms with Crippen LogP contribution in [0.4, 0.5) is 0 Å². The van der Waals surface area contributed by atoms with E-state index >= 15 is 0 Å². The lowest BCUT2D eigenvalue weighted by molar-refractivity contribution is 0.0987. The van der Waals surface area contributed by atoms with Gasteiger partial charge in [-0.2, -0.15) is 0 Å². The average molecular weight is 263 g/mol. The fraction of sp³-hybridized carbons (Fsp3) is 0.400. The highest BCUT2D eigenvalue weighted by Gasteiger charge is 2.06. The average Bonchev–Trinajstić information content (AvgIpc) is 2.45. The molecule has 0 heterocycles. The number of carbonyl (C=O) groups excluding carboxylic acids is 1. The van der Waals surface area contributed by atoms with Crippen LogP contribution in [0.25, 0.3) is 0 Å². The minimum absolute atomic E-state index is 0.111. The SMILES string of the molecule is C=CCNC[C@H](O)COc1ccc(C(=O)CC)cc1. The van der Waals surface area contributed by atoms with Crippen molar-refractivity contribution in [2.75, 3.05) is 19.7 Å². The predicted molar refractivity (Wildman–Crippen MR) is 75.6 cm³/mol. The first-order valence-corrected chi connectivity index (χ1v) is 6.43. The third-order valence-electron chi connectivity index (χ3n) is 2.61.